The molecule has 0 spiro atoms. The van der Waals surface area contributed by atoms with Gasteiger partial charge in [0.15, 0.2) is 0 Å². The van der Waals surface area contributed by atoms with E-state index in [4.69, 9.17) is 0 Å². The summed E-state index contributed by atoms with van der Waals surface area (Å²) in [5, 5.41) is 3.54. The molecule has 1 atom stereocenters. The van der Waals surface area contributed by atoms with Crippen LogP contribution in [0.3, 0.4) is 0 Å². The molecule has 1 amide bonds. The van der Waals surface area contributed by atoms with Crippen molar-refractivity contribution in [1.82, 2.24) is 4.90 Å². The number of amides is 1. The van der Waals surface area contributed by atoms with E-state index in [1.165, 1.54) is 18.1 Å². The lowest BCUT2D eigenvalue weighted by molar-refractivity contribution is -0.133. The van der Waals surface area contributed by atoms with Crippen molar-refractivity contribution >= 4 is 17.4 Å². The molecule has 1 aromatic rings. The molecule has 0 saturated carbocycles. The Labute approximate surface area is 132 Å². The number of nitrogens with one attached hydrogen (secondary N) is 1. The number of benzene rings is 1. The Hall–Kier alpha value is -1.84. The number of ketones is 1. The number of Topliss-reactive ketones (excluding diaryl/α,β-unsaturated/α-hetero) is 1. The molecule has 1 aliphatic heterocycles. The normalized spacial score (nSPS) is 18.1. The second kappa shape index (κ2) is 7.43. The lowest BCUT2D eigenvalue weighted by Gasteiger charge is -2.34. The molecule has 0 radical (unpaired) electrons. The molecule has 0 bridgehead atoms. The Morgan fingerprint density at radius 1 is 1.23 bits per heavy atom. The lowest BCUT2D eigenvalue weighted by atomic mass is 10.0. The molecule has 0 aliphatic carbocycles. The van der Waals surface area contributed by atoms with Gasteiger partial charge in [-0.25, -0.2) is 0 Å². The van der Waals surface area contributed by atoms with E-state index in [1.807, 2.05) is 4.90 Å². The van der Waals surface area contributed by atoms with Crippen molar-refractivity contribution < 1.29 is 9.59 Å². The fourth-order valence-electron chi connectivity index (χ4n) is 2.83. The van der Waals surface area contributed by atoms with Crippen molar-refractivity contribution in [3.05, 3.63) is 29.3 Å². The number of nitrogens with zero attached hydrogens (tertiary/aromatic N) is 1. The summed E-state index contributed by atoms with van der Waals surface area (Å²) in [7, 11) is 0. The average molecular weight is 302 g/mol. The molecule has 22 heavy (non-hydrogen) atoms. The highest BCUT2D eigenvalue weighted by atomic mass is 16.2. The second-order valence-corrected chi connectivity index (χ2v) is 6.32. The second-order valence-electron chi connectivity index (χ2n) is 6.32. The first-order valence-electron chi connectivity index (χ1n) is 8.06. The fraction of sp³-hybridized carbons (Fsp3) is 0.556. The van der Waals surface area contributed by atoms with Gasteiger partial charge in [0.25, 0.3) is 0 Å². The Morgan fingerprint density at radius 2 is 2.00 bits per heavy atom. The van der Waals surface area contributed by atoms with Crippen LogP contribution in [-0.2, 0) is 9.59 Å². The summed E-state index contributed by atoms with van der Waals surface area (Å²) in [5.74, 6) is 0.178. The van der Waals surface area contributed by atoms with Gasteiger partial charge in [-0.05, 0) is 56.9 Å². The average Bonchev–Trinajstić information content (AvgIpc) is 2.49. The molecule has 4 heteroatoms. The molecule has 1 fully saturated rings. The smallest absolute Gasteiger partial charge is 0.223 e. The zero-order chi connectivity index (χ0) is 16.1. The van der Waals surface area contributed by atoms with Gasteiger partial charge in [0.05, 0.1) is 0 Å². The molecule has 4 nitrogen and oxygen atoms in total. The number of hydrogen-bond acceptors (Lipinski definition) is 3. The predicted molar refractivity (Wildman–Crippen MR) is 89.1 cm³/mol. The first-order chi connectivity index (χ1) is 10.5. The maximum Gasteiger partial charge on any atom is 0.223 e. The minimum atomic E-state index is 0.0789. The van der Waals surface area contributed by atoms with Gasteiger partial charge in [-0.15, -0.1) is 0 Å². The van der Waals surface area contributed by atoms with E-state index >= 15 is 0 Å². The minimum absolute atomic E-state index is 0.0789. The molecule has 1 aliphatic rings. The van der Waals surface area contributed by atoms with Crippen LogP contribution in [0.4, 0.5) is 5.69 Å². The van der Waals surface area contributed by atoms with Crippen LogP contribution in [0.25, 0.3) is 0 Å². The van der Waals surface area contributed by atoms with Gasteiger partial charge in [0.1, 0.15) is 5.78 Å². The van der Waals surface area contributed by atoms with Gasteiger partial charge >= 0.3 is 0 Å². The van der Waals surface area contributed by atoms with E-state index in [9.17, 15) is 9.59 Å². The highest BCUT2D eigenvalue weighted by molar-refractivity contribution is 5.83. The Balaban J connectivity index is 1.91. The van der Waals surface area contributed by atoms with E-state index in [1.54, 1.807) is 0 Å². The molecular weight excluding hydrogens is 276 g/mol. The van der Waals surface area contributed by atoms with E-state index < -0.39 is 0 Å². The third-order valence-electron chi connectivity index (χ3n) is 4.34. The SMILES string of the molecule is CC(=O)CCC(=O)N1CCCC(Nc2ccc(C)c(C)c2)C1. The minimum Gasteiger partial charge on any atom is -0.381 e. The van der Waals surface area contributed by atoms with Gasteiger partial charge < -0.3 is 15.0 Å². The van der Waals surface area contributed by atoms with Gasteiger partial charge in [-0.1, -0.05) is 6.07 Å². The summed E-state index contributed by atoms with van der Waals surface area (Å²) in [6.07, 6.45) is 2.77. The maximum absolute atomic E-state index is 12.1. The molecule has 0 aromatic heterocycles. The summed E-state index contributed by atoms with van der Waals surface area (Å²) >= 11 is 0. The van der Waals surface area contributed by atoms with Gasteiger partial charge in [0.2, 0.25) is 5.91 Å². The van der Waals surface area contributed by atoms with Crippen LogP contribution < -0.4 is 5.32 Å². The lowest BCUT2D eigenvalue weighted by Crippen LogP contribution is -2.45. The standard InChI is InChI=1S/C18H26N2O2/c1-13-6-8-16(11-14(13)2)19-17-5-4-10-20(12-17)18(22)9-7-15(3)21/h6,8,11,17,19H,4-5,7,9-10,12H2,1-3H3. The summed E-state index contributed by atoms with van der Waals surface area (Å²) in [5.41, 5.74) is 3.68. The topological polar surface area (TPSA) is 49.4 Å². The monoisotopic (exact) mass is 302 g/mol. The number of carbonyl (C=O) groups excluding carboxylic acids is 2. The summed E-state index contributed by atoms with van der Waals surface area (Å²) in [6.45, 7) is 7.28. The predicted octanol–water partition coefficient (Wildman–Crippen LogP) is 3.08. The number of carbonyl (C=O) groups is 2. The first-order valence-corrected chi connectivity index (χ1v) is 8.06. The van der Waals surface area contributed by atoms with Crippen LogP contribution in [-0.4, -0.2) is 35.7 Å². The van der Waals surface area contributed by atoms with Crippen molar-refractivity contribution in [3.8, 4) is 0 Å². The Morgan fingerprint density at radius 3 is 2.68 bits per heavy atom. The maximum atomic E-state index is 12.1. The van der Waals surface area contributed by atoms with Crippen LogP contribution in [0.2, 0.25) is 0 Å². The third kappa shape index (κ3) is 4.58. The molecule has 1 saturated heterocycles. The van der Waals surface area contributed by atoms with Crippen LogP contribution in [0.15, 0.2) is 18.2 Å². The van der Waals surface area contributed by atoms with Crippen LogP contribution in [0, 0.1) is 13.8 Å². The number of rotatable bonds is 5. The molecule has 120 valence electrons. The molecular formula is C18H26N2O2. The van der Waals surface area contributed by atoms with Crippen LogP contribution >= 0.6 is 0 Å². The van der Waals surface area contributed by atoms with Crippen LogP contribution in [0.5, 0.6) is 0 Å². The zero-order valence-electron chi connectivity index (χ0n) is 13.8. The summed E-state index contributed by atoms with van der Waals surface area (Å²) in [6, 6.07) is 6.66. The van der Waals surface area contributed by atoms with Crippen molar-refractivity contribution in [2.24, 2.45) is 0 Å². The highest BCUT2D eigenvalue weighted by Crippen LogP contribution is 2.19. The molecule has 1 unspecified atom stereocenters. The van der Waals surface area contributed by atoms with Gasteiger partial charge in [-0.3, -0.25) is 4.79 Å². The molecule has 1 N–H and O–H groups in total. The Kier molecular flexibility index (Phi) is 5.58. The number of piperidine rings is 1. The number of hydrogen-bond donors (Lipinski definition) is 1. The van der Waals surface area contributed by atoms with E-state index in [0.29, 0.717) is 12.8 Å². The van der Waals surface area contributed by atoms with Crippen molar-refractivity contribution in [2.45, 2.75) is 52.5 Å². The number of aryl methyl sites for hydroxylation is 2. The first kappa shape index (κ1) is 16.5. The molecule has 1 aromatic carbocycles. The summed E-state index contributed by atoms with van der Waals surface area (Å²) < 4.78 is 0. The summed E-state index contributed by atoms with van der Waals surface area (Å²) in [4.78, 5) is 25.1. The van der Waals surface area contributed by atoms with E-state index in [0.717, 1.165) is 31.6 Å². The van der Waals surface area contributed by atoms with Crippen molar-refractivity contribution in [3.63, 3.8) is 0 Å². The fourth-order valence-corrected chi connectivity index (χ4v) is 2.83. The Bertz CT molecular complexity index is 554. The van der Waals surface area contributed by atoms with Crippen molar-refractivity contribution in [1.29, 1.82) is 0 Å². The van der Waals surface area contributed by atoms with E-state index in [-0.39, 0.29) is 17.7 Å². The molecule has 2 rings (SSSR count). The largest absolute Gasteiger partial charge is 0.381 e. The third-order valence-corrected chi connectivity index (χ3v) is 4.34. The zero-order valence-corrected chi connectivity index (χ0v) is 13.8. The number of likely N-dealkylation sites (tertiary alicyclic amines) is 1. The van der Waals surface area contributed by atoms with Gasteiger partial charge in [0, 0.05) is 37.7 Å². The number of anilines is 1. The quantitative estimate of drug-likeness (QED) is 0.909. The van der Waals surface area contributed by atoms with E-state index in [2.05, 4.69) is 37.4 Å². The van der Waals surface area contributed by atoms with Crippen molar-refractivity contribution in [2.75, 3.05) is 18.4 Å². The van der Waals surface area contributed by atoms with Crippen LogP contribution in [0.1, 0.15) is 43.7 Å². The molecule has 1 heterocycles. The van der Waals surface area contributed by atoms with Gasteiger partial charge in [-0.2, -0.15) is 0 Å². The highest BCUT2D eigenvalue weighted by Gasteiger charge is 2.23.